The van der Waals surface area contributed by atoms with Gasteiger partial charge in [0.25, 0.3) is 11.5 Å². The van der Waals surface area contributed by atoms with Gasteiger partial charge in [0.1, 0.15) is 18.6 Å². The number of halogens is 5. The zero-order valence-corrected chi connectivity index (χ0v) is 27.2. The van der Waals surface area contributed by atoms with Gasteiger partial charge in [-0.15, -0.1) is 5.10 Å². The van der Waals surface area contributed by atoms with Crippen molar-refractivity contribution in [1.82, 2.24) is 39.3 Å². The summed E-state index contributed by atoms with van der Waals surface area (Å²) in [5.41, 5.74) is -2.37. The van der Waals surface area contributed by atoms with Gasteiger partial charge in [0.15, 0.2) is 17.3 Å². The minimum absolute atomic E-state index is 0.0641. The van der Waals surface area contributed by atoms with Crippen LogP contribution in [-0.4, -0.2) is 108 Å². The van der Waals surface area contributed by atoms with Crippen molar-refractivity contribution in [2.75, 3.05) is 44.3 Å². The standard InChI is InChI=1S/C31H34F5N9O5/c1-3-19-22(42-6-8-43(9-7-42)25(48)21-23(47)17(2)37-16-38-21)26(49)45-27(39-24(41-45)18-4-10-50-11-5-18)44(19)12-20(46)40-29-13-28(14-29,15-29)30(32,33)31(34,35)36/h4,16,47H,3,5-15H2,1-2H3,(H,40,46). The third kappa shape index (κ3) is 5.19. The molecule has 3 aromatic rings. The van der Waals surface area contributed by atoms with Crippen molar-refractivity contribution in [3.05, 3.63) is 45.7 Å². The Kier molecular flexibility index (Phi) is 7.91. The molecule has 2 N–H and O–H groups in total. The predicted octanol–water partition coefficient (Wildman–Crippen LogP) is 2.26. The Morgan fingerprint density at radius 1 is 1.08 bits per heavy atom. The van der Waals surface area contributed by atoms with Crippen LogP contribution in [-0.2, 0) is 22.5 Å². The van der Waals surface area contributed by atoms with E-state index in [1.165, 1.54) is 15.8 Å². The molecule has 1 saturated heterocycles. The quantitative estimate of drug-likeness (QED) is 0.333. The van der Waals surface area contributed by atoms with Crippen LogP contribution < -0.4 is 15.8 Å². The number of fused-ring (bicyclic) bond motifs is 1. The summed E-state index contributed by atoms with van der Waals surface area (Å²) in [5.74, 6) is -5.98. The summed E-state index contributed by atoms with van der Waals surface area (Å²) in [7, 11) is 0. The molecular weight excluding hydrogens is 673 g/mol. The Bertz CT molecular complexity index is 1960. The second-order valence-electron chi connectivity index (χ2n) is 13.4. The number of rotatable bonds is 8. The second kappa shape index (κ2) is 11.7. The number of hydrogen-bond acceptors (Lipinski definition) is 10. The number of piperazine rings is 1. The lowest BCUT2D eigenvalue weighted by Gasteiger charge is -2.72. The normalized spacial score (nSPS) is 23.7. The maximum Gasteiger partial charge on any atom is 0.453 e. The number of anilines is 1. The Morgan fingerprint density at radius 2 is 1.78 bits per heavy atom. The number of hydrogen-bond donors (Lipinski definition) is 2. The van der Waals surface area contributed by atoms with E-state index in [4.69, 9.17) is 4.74 Å². The molecule has 14 nitrogen and oxygen atoms in total. The number of alkyl halides is 5. The lowest BCUT2D eigenvalue weighted by molar-refractivity contribution is -0.387. The van der Waals surface area contributed by atoms with Crippen LogP contribution in [0.15, 0.2) is 17.2 Å². The summed E-state index contributed by atoms with van der Waals surface area (Å²) in [6.45, 7) is 4.43. The zero-order valence-electron chi connectivity index (χ0n) is 27.2. The van der Waals surface area contributed by atoms with E-state index < -0.39 is 66.2 Å². The van der Waals surface area contributed by atoms with E-state index >= 15 is 0 Å². The number of aromatic hydroxyl groups is 1. The van der Waals surface area contributed by atoms with Crippen LogP contribution in [0.25, 0.3) is 11.4 Å². The molecule has 0 atom stereocenters. The molecule has 4 fully saturated rings. The van der Waals surface area contributed by atoms with Crippen molar-refractivity contribution in [2.24, 2.45) is 5.41 Å². The van der Waals surface area contributed by atoms with Crippen LogP contribution in [0.1, 0.15) is 60.3 Å². The van der Waals surface area contributed by atoms with Crippen LogP contribution in [0.4, 0.5) is 27.6 Å². The van der Waals surface area contributed by atoms with Crippen molar-refractivity contribution in [1.29, 1.82) is 0 Å². The molecule has 3 aliphatic carbocycles. The smallest absolute Gasteiger partial charge is 0.453 e. The fraction of sp³-hybridized carbons (Fsp3) is 0.581. The average Bonchev–Trinajstić information content (AvgIpc) is 3.50. The van der Waals surface area contributed by atoms with E-state index in [2.05, 4.69) is 25.4 Å². The third-order valence-electron chi connectivity index (χ3n) is 10.3. The van der Waals surface area contributed by atoms with Crippen molar-refractivity contribution in [3.63, 3.8) is 0 Å². The first-order valence-electron chi connectivity index (χ1n) is 16.2. The number of aromatic nitrogens is 6. The molecule has 0 radical (unpaired) electrons. The molecule has 3 saturated carbocycles. The minimum Gasteiger partial charge on any atom is -0.504 e. The van der Waals surface area contributed by atoms with Gasteiger partial charge in [0.2, 0.25) is 11.7 Å². The highest BCUT2D eigenvalue weighted by Gasteiger charge is 2.84. The summed E-state index contributed by atoms with van der Waals surface area (Å²) in [5, 5.41) is 17.5. The molecule has 50 heavy (non-hydrogen) atoms. The first-order chi connectivity index (χ1) is 23.6. The molecule has 5 heterocycles. The van der Waals surface area contributed by atoms with Gasteiger partial charge in [-0.3, -0.25) is 14.4 Å². The third-order valence-corrected chi connectivity index (χ3v) is 10.3. The lowest BCUT2D eigenvalue weighted by Crippen LogP contribution is -2.81. The number of amides is 2. The van der Waals surface area contributed by atoms with E-state index in [1.54, 1.807) is 24.8 Å². The summed E-state index contributed by atoms with van der Waals surface area (Å²) in [4.78, 5) is 56.5. The molecule has 8 rings (SSSR count). The van der Waals surface area contributed by atoms with Gasteiger partial charge in [-0.05, 0) is 44.6 Å². The number of aryl methyl sites for hydroxylation is 1. The summed E-state index contributed by atoms with van der Waals surface area (Å²) < 4.78 is 75.6. The van der Waals surface area contributed by atoms with Crippen molar-refractivity contribution >= 4 is 28.9 Å². The molecule has 3 aromatic heterocycles. The maximum absolute atomic E-state index is 14.2. The topological polar surface area (TPSA) is 160 Å². The Hall–Kier alpha value is -4.68. The maximum atomic E-state index is 14.2. The Morgan fingerprint density at radius 3 is 2.40 bits per heavy atom. The monoisotopic (exact) mass is 707 g/mol. The van der Waals surface area contributed by atoms with E-state index in [0.717, 1.165) is 10.1 Å². The summed E-state index contributed by atoms with van der Waals surface area (Å²) in [6.07, 6.45) is -3.44. The van der Waals surface area contributed by atoms with Gasteiger partial charge in [0, 0.05) is 31.7 Å². The summed E-state index contributed by atoms with van der Waals surface area (Å²) >= 11 is 0. The van der Waals surface area contributed by atoms with Gasteiger partial charge in [-0.1, -0.05) is 13.0 Å². The van der Waals surface area contributed by atoms with Crippen LogP contribution in [0.3, 0.4) is 0 Å². The van der Waals surface area contributed by atoms with E-state index in [1.807, 2.05) is 0 Å². The Labute approximate surface area is 280 Å². The molecule has 2 aliphatic heterocycles. The summed E-state index contributed by atoms with van der Waals surface area (Å²) in [6, 6.07) is 0. The zero-order chi connectivity index (χ0) is 35.8. The van der Waals surface area contributed by atoms with E-state index in [-0.39, 0.29) is 67.0 Å². The Balaban J connectivity index is 1.18. The molecule has 268 valence electrons. The van der Waals surface area contributed by atoms with Gasteiger partial charge in [-0.2, -0.15) is 31.5 Å². The van der Waals surface area contributed by atoms with Crippen molar-refractivity contribution in [3.8, 4) is 5.75 Å². The molecular formula is C31H34F5N9O5. The fourth-order valence-electron chi connectivity index (χ4n) is 7.73. The first kappa shape index (κ1) is 33.8. The van der Waals surface area contributed by atoms with Gasteiger partial charge < -0.3 is 29.5 Å². The predicted molar refractivity (Wildman–Crippen MR) is 165 cm³/mol. The molecule has 2 bridgehead atoms. The molecule has 0 spiro atoms. The number of carbonyl (C=O) groups excluding carboxylic acids is 2. The first-order valence-corrected chi connectivity index (χ1v) is 16.2. The molecule has 5 aliphatic rings. The molecule has 2 amide bonds. The number of nitrogens with zero attached hydrogens (tertiary/aromatic N) is 8. The van der Waals surface area contributed by atoms with Crippen LogP contribution in [0, 0.1) is 12.3 Å². The number of carbonyl (C=O) groups is 2. The van der Waals surface area contributed by atoms with Gasteiger partial charge in [0.05, 0.1) is 30.0 Å². The fourth-order valence-corrected chi connectivity index (χ4v) is 7.73. The molecule has 19 heteroatoms. The van der Waals surface area contributed by atoms with Crippen LogP contribution >= 0.6 is 0 Å². The van der Waals surface area contributed by atoms with E-state index in [9.17, 15) is 41.4 Å². The van der Waals surface area contributed by atoms with Crippen molar-refractivity contribution < 1.29 is 41.4 Å². The van der Waals surface area contributed by atoms with Crippen LogP contribution in [0.2, 0.25) is 0 Å². The number of nitrogens with one attached hydrogen (secondary N) is 1. The number of ether oxygens (including phenoxy) is 1. The molecule has 0 aromatic carbocycles. The SMILES string of the molecule is CCc1c(N2CCN(C(=O)c3ncnc(C)c3O)CC2)c(=O)n2nc(C3=CCOCC3)nc2n1CC(=O)NC12CC(C(F)(F)C(F)(F)F)(C1)C2. The largest absolute Gasteiger partial charge is 0.504 e. The van der Waals surface area contributed by atoms with Crippen molar-refractivity contribution in [2.45, 2.75) is 70.1 Å². The highest BCUT2D eigenvalue weighted by molar-refractivity contribution is 5.95. The van der Waals surface area contributed by atoms with Gasteiger partial charge in [-0.25, -0.2) is 9.97 Å². The highest BCUT2D eigenvalue weighted by Crippen LogP contribution is 2.75. The van der Waals surface area contributed by atoms with Gasteiger partial charge >= 0.3 is 12.1 Å². The second-order valence-corrected chi connectivity index (χ2v) is 13.4. The highest BCUT2D eigenvalue weighted by atomic mass is 19.4. The minimum atomic E-state index is -5.68. The lowest BCUT2D eigenvalue weighted by atomic mass is 9.37. The van der Waals surface area contributed by atoms with Crippen LogP contribution in [0.5, 0.6) is 5.75 Å². The van der Waals surface area contributed by atoms with E-state index in [0.29, 0.717) is 25.3 Å². The average molecular weight is 708 g/mol. The molecule has 0 unspecified atom stereocenters.